The molecule has 0 aliphatic rings. The molecule has 0 aromatic heterocycles. The maximum atomic E-state index is 6.10. The van der Waals surface area contributed by atoms with Crippen molar-refractivity contribution < 1.29 is 0 Å². The van der Waals surface area contributed by atoms with Gasteiger partial charge in [-0.05, 0) is 79.9 Å². The van der Waals surface area contributed by atoms with E-state index in [-0.39, 0.29) is 0 Å². The van der Waals surface area contributed by atoms with Crippen molar-refractivity contribution in [2.24, 2.45) is 10.2 Å². The van der Waals surface area contributed by atoms with E-state index in [9.17, 15) is 0 Å². The van der Waals surface area contributed by atoms with Crippen LogP contribution >= 0.6 is 43.3 Å². The van der Waals surface area contributed by atoms with Crippen LogP contribution in [0.5, 0.6) is 0 Å². The highest BCUT2D eigenvalue weighted by Gasteiger charge is 2.45. The van der Waals surface area contributed by atoms with Crippen molar-refractivity contribution in [1.82, 2.24) is 21.5 Å². The van der Waals surface area contributed by atoms with Gasteiger partial charge in [0.1, 0.15) is 35.2 Å². The normalized spacial score (nSPS) is 11.9. The zero-order chi connectivity index (χ0) is 29.1. The summed E-state index contributed by atoms with van der Waals surface area (Å²) in [6.45, 7) is 1.85. The van der Waals surface area contributed by atoms with Gasteiger partial charge in [-0.2, -0.15) is 10.2 Å². The van der Waals surface area contributed by atoms with Gasteiger partial charge in [-0.1, -0.05) is 78.3 Å². The van der Waals surface area contributed by atoms with Crippen molar-refractivity contribution >= 4 is 80.9 Å². The van der Waals surface area contributed by atoms with Crippen molar-refractivity contribution in [3.05, 3.63) is 126 Å². The number of rotatable bonds is 9. The van der Waals surface area contributed by atoms with Crippen LogP contribution < -0.4 is 37.4 Å². The number of nitrogens with zero attached hydrogens (tertiary/aromatic N) is 2. The van der Waals surface area contributed by atoms with E-state index in [1.807, 2.05) is 37.3 Å². The van der Waals surface area contributed by atoms with Crippen molar-refractivity contribution in [2.75, 3.05) is 13.3 Å². The smallest absolute Gasteiger partial charge is 0.189 e. The van der Waals surface area contributed by atoms with Crippen LogP contribution in [0.2, 0.25) is 5.02 Å². The summed E-state index contributed by atoms with van der Waals surface area (Å²) in [6, 6.07) is 39.2. The van der Waals surface area contributed by atoms with E-state index in [0.29, 0.717) is 33.0 Å². The van der Waals surface area contributed by atoms with Crippen LogP contribution in [-0.4, -0.2) is 35.0 Å². The summed E-state index contributed by atoms with van der Waals surface area (Å²) in [5, 5.41) is 20.6. The van der Waals surface area contributed by atoms with E-state index < -0.39 is 7.26 Å². The molecule has 0 saturated carbocycles. The molecule has 0 heterocycles. The van der Waals surface area contributed by atoms with Crippen LogP contribution in [0, 0.1) is 0 Å². The van der Waals surface area contributed by atoms with Gasteiger partial charge in [0.25, 0.3) is 0 Å². The van der Waals surface area contributed by atoms with Gasteiger partial charge in [-0.15, -0.1) is 0 Å². The first-order valence-electron chi connectivity index (χ1n) is 12.9. The van der Waals surface area contributed by atoms with Crippen LogP contribution in [0.1, 0.15) is 12.5 Å². The van der Waals surface area contributed by atoms with Gasteiger partial charge in [0.05, 0.1) is 5.71 Å². The molecule has 6 nitrogen and oxygen atoms in total. The van der Waals surface area contributed by atoms with E-state index in [4.69, 9.17) is 36.0 Å². The van der Waals surface area contributed by atoms with Gasteiger partial charge in [0.15, 0.2) is 10.2 Å². The van der Waals surface area contributed by atoms with Crippen molar-refractivity contribution in [3.8, 4) is 0 Å². The summed E-state index contributed by atoms with van der Waals surface area (Å²) < 4.78 is 0. The van der Waals surface area contributed by atoms with Gasteiger partial charge in [-0.3, -0.25) is 10.9 Å². The molecule has 4 N–H and O–H groups in total. The Labute approximate surface area is 257 Å². The Morgan fingerprint density at radius 3 is 1.61 bits per heavy atom. The minimum absolute atomic E-state index is 0.387. The lowest BCUT2D eigenvalue weighted by molar-refractivity contribution is 0.957. The minimum atomic E-state index is -2.11. The molecule has 0 aliphatic carbocycles. The van der Waals surface area contributed by atoms with E-state index in [0.717, 1.165) is 5.56 Å². The fraction of sp³-hybridized carbons (Fsp3) is 0.0968. The summed E-state index contributed by atoms with van der Waals surface area (Å²) in [6.07, 6.45) is 0.613. The molecule has 0 bridgehead atoms. The summed E-state index contributed by atoms with van der Waals surface area (Å²) in [7, 11) is -0.381. The maximum absolute atomic E-state index is 6.10. The van der Waals surface area contributed by atoms with Gasteiger partial charge in [-0.25, -0.2) is 0 Å². The highest BCUT2D eigenvalue weighted by atomic mass is 35.5. The monoisotopic (exact) mass is 617 g/mol. The summed E-state index contributed by atoms with van der Waals surface area (Å²) in [5.74, 6) is 0. The molecule has 4 aromatic rings. The Bertz CT molecular complexity index is 1420. The molecular formula is C31H31ClN6PS2+. The molecule has 0 radical (unpaired) electrons. The molecule has 0 spiro atoms. The highest BCUT2D eigenvalue weighted by molar-refractivity contribution is 7.95. The van der Waals surface area contributed by atoms with Crippen molar-refractivity contribution in [3.63, 3.8) is 0 Å². The van der Waals surface area contributed by atoms with Crippen molar-refractivity contribution in [1.29, 1.82) is 0 Å². The third kappa shape index (κ3) is 7.75. The Kier molecular flexibility index (Phi) is 10.9. The predicted octanol–water partition coefficient (Wildman–Crippen LogP) is 4.93. The minimum Gasteiger partial charge on any atom is -0.364 e. The summed E-state index contributed by atoms with van der Waals surface area (Å²) in [4.78, 5) is 0. The largest absolute Gasteiger partial charge is 0.364 e. The first-order valence-corrected chi connectivity index (χ1v) is 16.1. The molecule has 4 aromatic carbocycles. The standard InChI is InChI=1S/C31H30ClN6PS2/c1-23(29(36-37-30(40)33-2)24-18-20-25(32)21-19-24)35-38-31(41)34-22-39(26-12-6-3-7-13-26,27-14-8-4-9-15-27)28-16-10-5-11-17-28/h3-21H,22H2,1-2H3,(H3-,33,34,35,36,37,38,40,41)/p+1. The fourth-order valence-electron chi connectivity index (χ4n) is 4.31. The number of hydrazone groups is 2. The molecule has 0 fully saturated rings. The van der Waals surface area contributed by atoms with E-state index in [1.165, 1.54) is 15.9 Å². The second-order valence-electron chi connectivity index (χ2n) is 8.95. The lowest BCUT2D eigenvalue weighted by Gasteiger charge is -2.28. The zero-order valence-electron chi connectivity index (χ0n) is 22.7. The Balaban J connectivity index is 1.61. The molecule has 41 heavy (non-hydrogen) atoms. The van der Waals surface area contributed by atoms with Gasteiger partial charge >= 0.3 is 0 Å². The molecule has 4 rings (SSSR count). The lowest BCUT2D eigenvalue weighted by Crippen LogP contribution is -2.42. The quantitative estimate of drug-likeness (QED) is 0.0924. The van der Waals surface area contributed by atoms with Crippen LogP contribution in [0.3, 0.4) is 0 Å². The molecule has 0 unspecified atom stereocenters. The zero-order valence-corrected chi connectivity index (χ0v) is 26.0. The van der Waals surface area contributed by atoms with Crippen LogP contribution in [0.25, 0.3) is 0 Å². The van der Waals surface area contributed by atoms with Gasteiger partial charge < -0.3 is 10.6 Å². The fourth-order valence-corrected chi connectivity index (χ4v) is 8.59. The van der Waals surface area contributed by atoms with Crippen molar-refractivity contribution in [2.45, 2.75) is 6.92 Å². The number of nitrogens with one attached hydrogen (secondary N) is 4. The molecule has 0 atom stereocenters. The third-order valence-electron chi connectivity index (χ3n) is 6.35. The Hall–Kier alpha value is -3.68. The number of halogens is 1. The predicted molar refractivity (Wildman–Crippen MR) is 185 cm³/mol. The van der Waals surface area contributed by atoms with Crippen LogP contribution in [-0.2, 0) is 0 Å². The number of benzene rings is 4. The van der Waals surface area contributed by atoms with E-state index in [1.54, 1.807) is 19.2 Å². The third-order valence-corrected chi connectivity index (χ3v) is 11.3. The maximum Gasteiger partial charge on any atom is 0.189 e. The number of hydrogen-bond donors (Lipinski definition) is 4. The van der Waals surface area contributed by atoms with Crippen LogP contribution in [0.4, 0.5) is 0 Å². The summed E-state index contributed by atoms with van der Waals surface area (Å²) in [5.41, 5.74) is 7.88. The first-order chi connectivity index (χ1) is 19.9. The molecule has 0 amide bonds. The first kappa shape index (κ1) is 30.3. The van der Waals surface area contributed by atoms with E-state index >= 15 is 0 Å². The second-order valence-corrected chi connectivity index (χ2v) is 13.7. The SMILES string of the molecule is CNC(=S)NN=C(C(C)=NNC(=S)NC[P+](c1ccccc1)(c1ccccc1)c1ccccc1)c1ccc(Cl)cc1. The highest BCUT2D eigenvalue weighted by Crippen LogP contribution is 2.54. The lowest BCUT2D eigenvalue weighted by atomic mass is 10.1. The average Bonchev–Trinajstić information content (AvgIpc) is 3.02. The number of hydrogen-bond acceptors (Lipinski definition) is 4. The Morgan fingerprint density at radius 2 is 1.15 bits per heavy atom. The second kappa shape index (κ2) is 14.8. The van der Waals surface area contributed by atoms with Gasteiger partial charge in [0.2, 0.25) is 0 Å². The van der Waals surface area contributed by atoms with Crippen LogP contribution in [0.15, 0.2) is 125 Å². The molecule has 208 valence electrons. The molecule has 10 heteroatoms. The Morgan fingerprint density at radius 1 is 0.683 bits per heavy atom. The topological polar surface area (TPSA) is 72.8 Å². The average molecular weight is 618 g/mol. The molecule has 0 aliphatic heterocycles. The summed E-state index contributed by atoms with van der Waals surface area (Å²) >= 11 is 17.0. The molecular weight excluding hydrogens is 587 g/mol. The van der Waals surface area contributed by atoms with E-state index in [2.05, 4.69) is 104 Å². The molecule has 0 saturated heterocycles. The van der Waals surface area contributed by atoms with Gasteiger partial charge in [0, 0.05) is 17.6 Å². The number of thiocarbonyl (C=S) groups is 2.